The average molecular weight is 439 g/mol. The Labute approximate surface area is 183 Å². The molecule has 1 N–H and O–H groups in total. The van der Waals surface area contributed by atoms with Gasteiger partial charge >= 0.3 is 0 Å². The second kappa shape index (κ2) is 9.22. The Morgan fingerprint density at radius 1 is 0.968 bits per heavy atom. The number of anilines is 1. The van der Waals surface area contributed by atoms with Gasteiger partial charge in [0.2, 0.25) is 0 Å². The van der Waals surface area contributed by atoms with Gasteiger partial charge in [-0.2, -0.15) is 0 Å². The lowest BCUT2D eigenvalue weighted by Crippen LogP contribution is -2.26. The van der Waals surface area contributed by atoms with Gasteiger partial charge < -0.3 is 9.64 Å². The molecule has 0 heterocycles. The number of hydrogen-bond donors (Lipinski definition) is 1. The zero-order chi connectivity index (χ0) is 22.6. The summed E-state index contributed by atoms with van der Waals surface area (Å²) >= 11 is 0. The minimum Gasteiger partial charge on any atom is -0.497 e. The summed E-state index contributed by atoms with van der Waals surface area (Å²) in [6.45, 7) is 4.06. The van der Waals surface area contributed by atoms with Gasteiger partial charge in [-0.3, -0.25) is 9.52 Å². The van der Waals surface area contributed by atoms with Crippen LogP contribution in [0.25, 0.3) is 0 Å². The first kappa shape index (κ1) is 22.4. The molecule has 0 radical (unpaired) electrons. The van der Waals surface area contributed by atoms with Crippen LogP contribution in [0.5, 0.6) is 5.75 Å². The first-order chi connectivity index (χ1) is 14.7. The van der Waals surface area contributed by atoms with Crippen molar-refractivity contribution in [3.05, 3.63) is 89.0 Å². The van der Waals surface area contributed by atoms with E-state index in [2.05, 4.69) is 4.72 Å². The van der Waals surface area contributed by atoms with Crippen LogP contribution in [0.3, 0.4) is 0 Å². The molecule has 0 unspecified atom stereocenters. The molecule has 0 saturated carbocycles. The van der Waals surface area contributed by atoms with Gasteiger partial charge in [-0.05, 0) is 73.0 Å². The molecule has 0 aliphatic carbocycles. The largest absolute Gasteiger partial charge is 0.497 e. The van der Waals surface area contributed by atoms with Gasteiger partial charge in [-0.15, -0.1) is 0 Å². The number of methoxy groups -OCH3 is 1. The van der Waals surface area contributed by atoms with Crippen LogP contribution < -0.4 is 9.46 Å². The van der Waals surface area contributed by atoms with Crippen molar-refractivity contribution in [3.8, 4) is 5.75 Å². The molecule has 31 heavy (non-hydrogen) atoms. The summed E-state index contributed by atoms with van der Waals surface area (Å²) in [6, 6.07) is 19.2. The maximum atomic E-state index is 12.8. The molecule has 0 saturated heterocycles. The highest BCUT2D eigenvalue weighted by Gasteiger charge is 2.18. The van der Waals surface area contributed by atoms with Crippen LogP contribution in [0.1, 0.15) is 27.0 Å². The number of nitrogens with zero attached hydrogens (tertiary/aromatic N) is 1. The predicted octanol–water partition coefficient (Wildman–Crippen LogP) is 4.39. The van der Waals surface area contributed by atoms with Crippen molar-refractivity contribution in [3.63, 3.8) is 0 Å². The van der Waals surface area contributed by atoms with E-state index in [1.807, 2.05) is 37.3 Å². The zero-order valence-corrected chi connectivity index (χ0v) is 18.9. The standard InChI is InChI=1S/C24H26N2O4S/c1-17-5-6-18(2)23(15-17)31(28,29)25-21-11-9-20(10-12-21)24(27)26(3)16-19-7-13-22(30-4)14-8-19/h5-15,25H,16H2,1-4H3. The number of sulfonamides is 1. The molecular weight excluding hydrogens is 412 g/mol. The van der Waals surface area contributed by atoms with Crippen molar-refractivity contribution in [1.29, 1.82) is 0 Å². The third-order valence-corrected chi connectivity index (χ3v) is 6.47. The topological polar surface area (TPSA) is 75.7 Å². The molecule has 0 aromatic heterocycles. The first-order valence-corrected chi connectivity index (χ1v) is 11.3. The fourth-order valence-corrected chi connectivity index (χ4v) is 4.57. The molecule has 0 aliphatic heterocycles. The Kier molecular flexibility index (Phi) is 6.65. The van der Waals surface area contributed by atoms with Gasteiger partial charge in [0.05, 0.1) is 12.0 Å². The van der Waals surface area contributed by atoms with Gasteiger partial charge in [-0.1, -0.05) is 24.3 Å². The molecule has 1 amide bonds. The second-order valence-electron chi connectivity index (χ2n) is 7.46. The van der Waals surface area contributed by atoms with Crippen molar-refractivity contribution >= 4 is 21.6 Å². The highest BCUT2D eigenvalue weighted by atomic mass is 32.2. The molecule has 3 rings (SSSR count). The Morgan fingerprint density at radius 3 is 2.23 bits per heavy atom. The number of nitrogens with one attached hydrogen (secondary N) is 1. The fraction of sp³-hybridized carbons (Fsp3) is 0.208. The number of aryl methyl sites for hydroxylation is 2. The van der Waals surface area contributed by atoms with Crippen LogP contribution in [-0.4, -0.2) is 33.4 Å². The van der Waals surface area contributed by atoms with Gasteiger partial charge in [0.15, 0.2) is 0 Å². The summed E-state index contributed by atoms with van der Waals surface area (Å²) in [4.78, 5) is 14.6. The normalized spacial score (nSPS) is 11.1. The predicted molar refractivity (Wildman–Crippen MR) is 122 cm³/mol. The summed E-state index contributed by atoms with van der Waals surface area (Å²) in [5, 5.41) is 0. The Bertz CT molecular complexity index is 1170. The van der Waals surface area contributed by atoms with Crippen LogP contribution >= 0.6 is 0 Å². The van der Waals surface area contributed by atoms with E-state index in [1.165, 1.54) is 0 Å². The quantitative estimate of drug-likeness (QED) is 0.594. The average Bonchev–Trinajstić information content (AvgIpc) is 2.75. The van der Waals surface area contributed by atoms with Crippen LogP contribution in [0.15, 0.2) is 71.6 Å². The molecule has 7 heteroatoms. The second-order valence-corrected chi connectivity index (χ2v) is 9.11. The van der Waals surface area contributed by atoms with Gasteiger partial charge in [0, 0.05) is 24.8 Å². The highest BCUT2D eigenvalue weighted by molar-refractivity contribution is 7.92. The smallest absolute Gasteiger partial charge is 0.262 e. The third kappa shape index (κ3) is 5.44. The molecule has 3 aromatic carbocycles. The first-order valence-electron chi connectivity index (χ1n) is 9.78. The Balaban J connectivity index is 1.70. The molecule has 0 spiro atoms. The highest BCUT2D eigenvalue weighted by Crippen LogP contribution is 2.21. The number of carbonyl (C=O) groups is 1. The van der Waals surface area contributed by atoms with Crippen molar-refractivity contribution < 1.29 is 17.9 Å². The van der Waals surface area contributed by atoms with Crippen molar-refractivity contribution in [1.82, 2.24) is 4.90 Å². The Hall–Kier alpha value is -3.32. The van der Waals surface area contributed by atoms with E-state index in [0.717, 1.165) is 16.9 Å². The molecule has 0 atom stereocenters. The number of amides is 1. The van der Waals surface area contributed by atoms with Crippen LogP contribution in [0.4, 0.5) is 5.69 Å². The van der Waals surface area contributed by atoms with Crippen LogP contribution in [-0.2, 0) is 16.6 Å². The van der Waals surface area contributed by atoms with E-state index in [0.29, 0.717) is 23.4 Å². The maximum absolute atomic E-state index is 12.8. The molecular formula is C24H26N2O4S. The minimum absolute atomic E-state index is 0.153. The van der Waals surface area contributed by atoms with Crippen molar-refractivity contribution in [2.75, 3.05) is 18.9 Å². The number of ether oxygens (including phenoxy) is 1. The molecule has 3 aromatic rings. The fourth-order valence-electron chi connectivity index (χ4n) is 3.18. The summed E-state index contributed by atoms with van der Waals surface area (Å²) in [5.74, 6) is 0.608. The number of hydrogen-bond acceptors (Lipinski definition) is 4. The lowest BCUT2D eigenvalue weighted by atomic mass is 10.1. The van der Waals surface area contributed by atoms with Crippen LogP contribution in [0, 0.1) is 13.8 Å². The number of carbonyl (C=O) groups excluding carboxylic acids is 1. The third-order valence-electron chi connectivity index (χ3n) is 4.94. The van der Waals surface area contributed by atoms with Gasteiger partial charge in [0.1, 0.15) is 5.75 Å². The summed E-state index contributed by atoms with van der Waals surface area (Å²) in [5.41, 5.74) is 3.40. The van der Waals surface area contributed by atoms with E-state index in [1.54, 1.807) is 62.4 Å². The van der Waals surface area contributed by atoms with E-state index < -0.39 is 10.0 Å². The summed E-state index contributed by atoms with van der Waals surface area (Å²) in [6.07, 6.45) is 0. The monoisotopic (exact) mass is 438 g/mol. The van der Waals surface area contributed by atoms with Crippen molar-refractivity contribution in [2.24, 2.45) is 0 Å². The summed E-state index contributed by atoms with van der Waals surface area (Å²) in [7, 11) is -0.384. The molecule has 0 aliphatic rings. The molecule has 0 fully saturated rings. The number of benzene rings is 3. The number of rotatable bonds is 7. The minimum atomic E-state index is -3.72. The van der Waals surface area contributed by atoms with Crippen LogP contribution in [0.2, 0.25) is 0 Å². The van der Waals surface area contributed by atoms with E-state index in [9.17, 15) is 13.2 Å². The molecule has 162 valence electrons. The van der Waals surface area contributed by atoms with Crippen molar-refractivity contribution in [2.45, 2.75) is 25.3 Å². The van der Waals surface area contributed by atoms with E-state index >= 15 is 0 Å². The van der Waals surface area contributed by atoms with E-state index in [4.69, 9.17) is 4.74 Å². The lowest BCUT2D eigenvalue weighted by Gasteiger charge is -2.18. The zero-order valence-electron chi connectivity index (χ0n) is 18.0. The van der Waals surface area contributed by atoms with Gasteiger partial charge in [0.25, 0.3) is 15.9 Å². The summed E-state index contributed by atoms with van der Waals surface area (Å²) < 4.78 is 33.2. The van der Waals surface area contributed by atoms with E-state index in [-0.39, 0.29) is 10.8 Å². The lowest BCUT2D eigenvalue weighted by molar-refractivity contribution is 0.0785. The SMILES string of the molecule is COc1ccc(CN(C)C(=O)c2ccc(NS(=O)(=O)c3cc(C)ccc3C)cc2)cc1. The molecule has 6 nitrogen and oxygen atoms in total. The Morgan fingerprint density at radius 2 is 1.61 bits per heavy atom. The molecule has 0 bridgehead atoms. The maximum Gasteiger partial charge on any atom is 0.262 e. The van der Waals surface area contributed by atoms with Gasteiger partial charge in [-0.25, -0.2) is 8.42 Å².